The fraction of sp³-hybridized carbons (Fsp3) is 0.222. The molecule has 30 heavy (non-hydrogen) atoms. The van der Waals surface area contributed by atoms with Gasteiger partial charge in [0.2, 0.25) is 5.95 Å². The lowest BCUT2D eigenvalue weighted by Crippen LogP contribution is -2.25. The molecule has 0 fully saturated rings. The Balaban J connectivity index is 1.61. The smallest absolute Gasteiger partial charge is 0.294 e. The zero-order valence-electron chi connectivity index (χ0n) is 16.0. The number of anilines is 1. The van der Waals surface area contributed by atoms with E-state index < -0.39 is 17.2 Å². The summed E-state index contributed by atoms with van der Waals surface area (Å²) < 4.78 is 33.6. The van der Waals surface area contributed by atoms with E-state index in [1.807, 2.05) is 6.92 Å². The maximum atomic E-state index is 13.9. The van der Waals surface area contributed by atoms with Crippen LogP contribution in [0.15, 0.2) is 41.6 Å². The van der Waals surface area contributed by atoms with E-state index in [0.29, 0.717) is 29.6 Å². The molecule has 12 heteroatoms. The van der Waals surface area contributed by atoms with E-state index in [2.05, 4.69) is 30.7 Å². The second-order valence-corrected chi connectivity index (χ2v) is 6.56. The van der Waals surface area contributed by atoms with Gasteiger partial charge in [-0.15, -0.1) is 10.2 Å². The predicted octanol–water partition coefficient (Wildman–Crippen LogP) is 1.89. The van der Waals surface area contributed by atoms with Crippen LogP contribution < -0.4 is 15.6 Å². The van der Waals surface area contributed by atoms with Crippen LogP contribution in [0.25, 0.3) is 11.0 Å². The highest BCUT2D eigenvalue weighted by Crippen LogP contribution is 2.25. The van der Waals surface area contributed by atoms with E-state index >= 15 is 0 Å². The van der Waals surface area contributed by atoms with Crippen molar-refractivity contribution in [2.45, 2.75) is 19.5 Å². The summed E-state index contributed by atoms with van der Waals surface area (Å²) in [6, 6.07) is 4.13. The van der Waals surface area contributed by atoms with Crippen LogP contribution in [0.1, 0.15) is 6.92 Å². The number of pyridine rings is 1. The fourth-order valence-electron chi connectivity index (χ4n) is 2.82. The van der Waals surface area contributed by atoms with Gasteiger partial charge in [0.05, 0.1) is 6.54 Å². The van der Waals surface area contributed by atoms with Gasteiger partial charge in [-0.1, -0.05) is 0 Å². The van der Waals surface area contributed by atoms with Crippen LogP contribution in [-0.2, 0) is 13.6 Å². The maximum absolute atomic E-state index is 13.9. The minimum absolute atomic E-state index is 0.113. The van der Waals surface area contributed by atoms with Gasteiger partial charge in [0.25, 0.3) is 5.56 Å². The molecule has 3 aromatic heterocycles. The number of aromatic nitrogens is 7. The molecule has 4 aromatic rings. The first-order valence-electron chi connectivity index (χ1n) is 8.87. The molecule has 4 rings (SSSR count). The number of hydrogen-bond acceptors (Lipinski definition) is 8. The molecule has 0 bridgehead atoms. The second-order valence-electron chi connectivity index (χ2n) is 6.56. The molecule has 0 aliphatic carbocycles. The van der Waals surface area contributed by atoms with Crippen LogP contribution in [0.3, 0.4) is 0 Å². The van der Waals surface area contributed by atoms with Gasteiger partial charge in [-0.25, -0.2) is 13.8 Å². The van der Waals surface area contributed by atoms with Crippen molar-refractivity contribution in [3.8, 4) is 11.5 Å². The third-order valence-electron chi connectivity index (χ3n) is 4.23. The Bertz CT molecular complexity index is 1260. The molecule has 0 radical (unpaired) electrons. The van der Waals surface area contributed by atoms with E-state index in [1.54, 1.807) is 0 Å². The van der Waals surface area contributed by atoms with Gasteiger partial charge in [0, 0.05) is 30.7 Å². The summed E-state index contributed by atoms with van der Waals surface area (Å²) >= 11 is 0. The third-order valence-corrected chi connectivity index (χ3v) is 4.23. The van der Waals surface area contributed by atoms with Gasteiger partial charge < -0.3 is 10.1 Å². The standard InChI is InChI=1S/C18H16F2N8O2/c1-10(8-28-23-9-22-26-28)24-18-21-7-11-5-15(17(29)27(2)16(11)25-18)30-14-4-3-12(19)6-13(14)20/h3-7,9-10H,8H2,1-2H3,(H,21,24,25)/t10-/m0/s1. The summed E-state index contributed by atoms with van der Waals surface area (Å²) in [5.41, 5.74) is -0.175. The van der Waals surface area contributed by atoms with Crippen molar-refractivity contribution in [3.05, 3.63) is 58.8 Å². The summed E-state index contributed by atoms with van der Waals surface area (Å²) in [5, 5.41) is 15.0. The third kappa shape index (κ3) is 3.92. The van der Waals surface area contributed by atoms with Crippen molar-refractivity contribution >= 4 is 17.0 Å². The molecule has 3 heterocycles. The Hall–Kier alpha value is -3.96. The fourth-order valence-corrected chi connectivity index (χ4v) is 2.82. The normalized spacial score (nSPS) is 12.1. The number of hydrogen-bond donors (Lipinski definition) is 1. The van der Waals surface area contributed by atoms with Crippen LogP contribution in [0.5, 0.6) is 11.5 Å². The Labute approximate surface area is 168 Å². The molecule has 0 saturated heterocycles. The summed E-state index contributed by atoms with van der Waals surface area (Å²) in [6.07, 6.45) is 2.85. The first-order valence-corrected chi connectivity index (χ1v) is 8.87. The van der Waals surface area contributed by atoms with Crippen LogP contribution in [0, 0.1) is 11.6 Å². The highest BCUT2D eigenvalue weighted by molar-refractivity contribution is 5.76. The topological polar surface area (TPSA) is 113 Å². The van der Waals surface area contributed by atoms with Crippen LogP contribution >= 0.6 is 0 Å². The first-order chi connectivity index (χ1) is 14.4. The van der Waals surface area contributed by atoms with E-state index in [1.165, 1.54) is 35.0 Å². The van der Waals surface area contributed by atoms with Crippen LogP contribution in [0.4, 0.5) is 14.7 Å². The number of nitrogens with zero attached hydrogens (tertiary/aromatic N) is 7. The van der Waals surface area contributed by atoms with Crippen LogP contribution in [-0.4, -0.2) is 40.8 Å². The van der Waals surface area contributed by atoms with Gasteiger partial charge in [-0.05, 0) is 30.3 Å². The summed E-state index contributed by atoms with van der Waals surface area (Å²) in [7, 11) is 1.51. The minimum Gasteiger partial charge on any atom is -0.448 e. The lowest BCUT2D eigenvalue weighted by Gasteiger charge is -2.14. The number of fused-ring (bicyclic) bond motifs is 1. The van der Waals surface area contributed by atoms with Crippen molar-refractivity contribution in [2.75, 3.05) is 5.32 Å². The number of ether oxygens (including phenoxy) is 1. The quantitative estimate of drug-likeness (QED) is 0.509. The SMILES string of the molecule is C[C@@H](Cn1ncnn1)Nc1ncc2cc(Oc3ccc(F)cc3F)c(=O)n(C)c2n1. The number of aryl methyl sites for hydroxylation is 1. The number of benzene rings is 1. The first kappa shape index (κ1) is 19.4. The minimum atomic E-state index is -0.913. The summed E-state index contributed by atoms with van der Waals surface area (Å²) in [5.74, 6) is -1.74. The van der Waals surface area contributed by atoms with Gasteiger partial charge in [0.15, 0.2) is 23.6 Å². The lowest BCUT2D eigenvalue weighted by atomic mass is 10.3. The molecule has 0 aliphatic rings. The number of nitrogens with one attached hydrogen (secondary N) is 1. The highest BCUT2D eigenvalue weighted by atomic mass is 19.1. The molecular weight excluding hydrogens is 398 g/mol. The second kappa shape index (κ2) is 7.81. The Morgan fingerprint density at radius 3 is 2.80 bits per heavy atom. The molecule has 1 aromatic carbocycles. The molecule has 0 aliphatic heterocycles. The average molecular weight is 414 g/mol. The molecule has 0 amide bonds. The van der Waals surface area contributed by atoms with Crippen molar-refractivity contribution in [1.82, 2.24) is 34.7 Å². The number of tetrazole rings is 1. The molecule has 154 valence electrons. The molecule has 0 spiro atoms. The molecule has 0 saturated carbocycles. The number of rotatable bonds is 6. The monoisotopic (exact) mass is 414 g/mol. The molecule has 0 unspecified atom stereocenters. The van der Waals surface area contributed by atoms with Gasteiger partial charge >= 0.3 is 0 Å². The molecular formula is C18H16F2N8O2. The Morgan fingerprint density at radius 2 is 2.07 bits per heavy atom. The van der Waals surface area contributed by atoms with Crippen LogP contribution in [0.2, 0.25) is 0 Å². The lowest BCUT2D eigenvalue weighted by molar-refractivity contribution is 0.430. The average Bonchev–Trinajstić information content (AvgIpc) is 3.21. The largest absolute Gasteiger partial charge is 0.448 e. The summed E-state index contributed by atoms with van der Waals surface area (Å²) in [4.78, 5) is 22.7. The van der Waals surface area contributed by atoms with Gasteiger partial charge in [-0.2, -0.15) is 9.78 Å². The zero-order chi connectivity index (χ0) is 21.3. The molecule has 10 nitrogen and oxygen atoms in total. The van der Waals surface area contributed by atoms with Crippen molar-refractivity contribution in [3.63, 3.8) is 0 Å². The zero-order valence-corrected chi connectivity index (χ0v) is 16.0. The van der Waals surface area contributed by atoms with E-state index in [9.17, 15) is 13.6 Å². The molecule has 1 atom stereocenters. The van der Waals surface area contributed by atoms with Crippen molar-refractivity contribution in [1.29, 1.82) is 0 Å². The van der Waals surface area contributed by atoms with E-state index in [0.717, 1.165) is 12.1 Å². The number of halogens is 2. The Kier molecular flexibility index (Phi) is 5.04. The highest BCUT2D eigenvalue weighted by Gasteiger charge is 2.14. The van der Waals surface area contributed by atoms with Gasteiger partial charge in [0.1, 0.15) is 11.5 Å². The molecule has 1 N–H and O–H groups in total. The van der Waals surface area contributed by atoms with Crippen molar-refractivity contribution < 1.29 is 13.5 Å². The van der Waals surface area contributed by atoms with E-state index in [-0.39, 0.29) is 17.5 Å². The predicted molar refractivity (Wildman–Crippen MR) is 102 cm³/mol. The summed E-state index contributed by atoms with van der Waals surface area (Å²) in [6.45, 7) is 2.33. The van der Waals surface area contributed by atoms with Gasteiger partial charge in [-0.3, -0.25) is 9.36 Å². The van der Waals surface area contributed by atoms with E-state index in [4.69, 9.17) is 4.74 Å². The Morgan fingerprint density at radius 1 is 1.23 bits per heavy atom. The maximum Gasteiger partial charge on any atom is 0.294 e. The van der Waals surface area contributed by atoms with Crippen molar-refractivity contribution in [2.24, 2.45) is 7.05 Å².